The Balaban J connectivity index is 2.01. The summed E-state index contributed by atoms with van der Waals surface area (Å²) in [6.45, 7) is 4.55. The lowest BCUT2D eigenvalue weighted by Crippen LogP contribution is -2.25. The molecule has 1 unspecified atom stereocenters. The van der Waals surface area contributed by atoms with E-state index in [0.29, 0.717) is 0 Å². The summed E-state index contributed by atoms with van der Waals surface area (Å²) in [6.07, 6.45) is 10.2. The third-order valence-corrected chi connectivity index (χ3v) is 3.71. The Labute approximate surface area is 104 Å². The van der Waals surface area contributed by atoms with Crippen LogP contribution < -0.4 is 10.6 Å². The van der Waals surface area contributed by atoms with Crippen molar-refractivity contribution in [3.05, 3.63) is 18.5 Å². The SMILES string of the molecule is CCCC1CCCN(c2ccncc2N)CC1. The summed E-state index contributed by atoms with van der Waals surface area (Å²) in [7, 11) is 0. The van der Waals surface area contributed by atoms with Gasteiger partial charge < -0.3 is 10.6 Å². The molecule has 0 amide bonds. The lowest BCUT2D eigenvalue weighted by atomic mass is 9.96. The molecule has 1 aliphatic rings. The van der Waals surface area contributed by atoms with Crippen molar-refractivity contribution in [2.24, 2.45) is 5.92 Å². The highest BCUT2D eigenvalue weighted by atomic mass is 15.1. The van der Waals surface area contributed by atoms with Gasteiger partial charge in [0, 0.05) is 19.3 Å². The van der Waals surface area contributed by atoms with E-state index in [4.69, 9.17) is 5.73 Å². The monoisotopic (exact) mass is 233 g/mol. The third kappa shape index (κ3) is 3.11. The molecule has 2 N–H and O–H groups in total. The third-order valence-electron chi connectivity index (χ3n) is 3.71. The van der Waals surface area contributed by atoms with Gasteiger partial charge in [0.2, 0.25) is 0 Å². The standard InChI is InChI=1S/C14H23N3/c1-2-4-12-5-3-9-17(10-7-12)14-6-8-16-11-13(14)15/h6,8,11-12H,2-5,7,9-10,15H2,1H3. The molecule has 94 valence electrons. The van der Waals surface area contributed by atoms with Crippen LogP contribution in [0.4, 0.5) is 11.4 Å². The molecule has 2 rings (SSSR count). The van der Waals surface area contributed by atoms with Crippen LogP contribution in [0.15, 0.2) is 18.5 Å². The van der Waals surface area contributed by atoms with Crippen molar-refractivity contribution in [1.82, 2.24) is 4.98 Å². The first-order valence-corrected chi connectivity index (χ1v) is 6.75. The molecule has 3 heteroatoms. The van der Waals surface area contributed by atoms with Crippen molar-refractivity contribution in [3.8, 4) is 0 Å². The van der Waals surface area contributed by atoms with Crippen LogP contribution in [0.2, 0.25) is 0 Å². The molecule has 3 nitrogen and oxygen atoms in total. The summed E-state index contributed by atoms with van der Waals surface area (Å²) in [6, 6.07) is 2.04. The van der Waals surface area contributed by atoms with E-state index in [1.807, 2.05) is 12.3 Å². The summed E-state index contributed by atoms with van der Waals surface area (Å²) in [4.78, 5) is 6.48. The van der Waals surface area contributed by atoms with Gasteiger partial charge in [-0.2, -0.15) is 0 Å². The molecular weight excluding hydrogens is 210 g/mol. The zero-order valence-electron chi connectivity index (χ0n) is 10.7. The summed E-state index contributed by atoms with van der Waals surface area (Å²) < 4.78 is 0. The zero-order valence-corrected chi connectivity index (χ0v) is 10.7. The summed E-state index contributed by atoms with van der Waals surface area (Å²) in [5.74, 6) is 0.910. The predicted molar refractivity (Wildman–Crippen MR) is 73.1 cm³/mol. The average Bonchev–Trinajstić information content (AvgIpc) is 2.56. The molecule has 1 aromatic heterocycles. The van der Waals surface area contributed by atoms with Crippen molar-refractivity contribution >= 4 is 11.4 Å². The minimum Gasteiger partial charge on any atom is -0.396 e. The lowest BCUT2D eigenvalue weighted by Gasteiger charge is -2.24. The van der Waals surface area contributed by atoms with E-state index < -0.39 is 0 Å². The van der Waals surface area contributed by atoms with Gasteiger partial charge in [0.25, 0.3) is 0 Å². The van der Waals surface area contributed by atoms with Crippen LogP contribution in [0.25, 0.3) is 0 Å². The number of nitrogens with zero attached hydrogens (tertiary/aromatic N) is 2. The van der Waals surface area contributed by atoms with Gasteiger partial charge in [-0.15, -0.1) is 0 Å². The maximum Gasteiger partial charge on any atom is 0.0738 e. The number of pyridine rings is 1. The van der Waals surface area contributed by atoms with E-state index >= 15 is 0 Å². The van der Waals surface area contributed by atoms with Gasteiger partial charge in [-0.1, -0.05) is 19.8 Å². The van der Waals surface area contributed by atoms with Crippen LogP contribution in [0, 0.1) is 5.92 Å². The number of hydrogen-bond donors (Lipinski definition) is 1. The minimum absolute atomic E-state index is 0.807. The summed E-state index contributed by atoms with van der Waals surface area (Å²) in [5, 5.41) is 0. The van der Waals surface area contributed by atoms with E-state index in [2.05, 4.69) is 16.8 Å². The van der Waals surface area contributed by atoms with Crippen molar-refractivity contribution in [2.45, 2.75) is 39.0 Å². The van der Waals surface area contributed by atoms with Crippen LogP contribution in [0.3, 0.4) is 0 Å². The maximum atomic E-state index is 5.99. The molecule has 1 aliphatic heterocycles. The largest absolute Gasteiger partial charge is 0.396 e. The first-order chi connectivity index (χ1) is 8.31. The highest BCUT2D eigenvalue weighted by Crippen LogP contribution is 2.28. The molecule has 0 saturated carbocycles. The quantitative estimate of drug-likeness (QED) is 0.872. The van der Waals surface area contributed by atoms with Gasteiger partial charge in [-0.3, -0.25) is 4.98 Å². The molecule has 0 aliphatic carbocycles. The fraction of sp³-hybridized carbons (Fsp3) is 0.643. The van der Waals surface area contributed by atoms with Crippen molar-refractivity contribution in [1.29, 1.82) is 0 Å². The number of nitrogens with two attached hydrogens (primary N) is 1. The van der Waals surface area contributed by atoms with Crippen LogP contribution in [-0.4, -0.2) is 18.1 Å². The molecule has 17 heavy (non-hydrogen) atoms. The highest BCUT2D eigenvalue weighted by molar-refractivity contribution is 5.65. The van der Waals surface area contributed by atoms with Crippen molar-refractivity contribution in [2.75, 3.05) is 23.7 Å². The van der Waals surface area contributed by atoms with Crippen molar-refractivity contribution < 1.29 is 0 Å². The molecular formula is C14H23N3. The lowest BCUT2D eigenvalue weighted by molar-refractivity contribution is 0.435. The second kappa shape index (κ2) is 5.89. The minimum atomic E-state index is 0.807. The van der Waals surface area contributed by atoms with Gasteiger partial charge >= 0.3 is 0 Å². The normalized spacial score (nSPS) is 21.2. The number of nitrogen functional groups attached to an aromatic ring is 1. The molecule has 1 atom stereocenters. The molecule has 1 saturated heterocycles. The average molecular weight is 233 g/mol. The topological polar surface area (TPSA) is 42.2 Å². The van der Waals surface area contributed by atoms with Gasteiger partial charge in [0.05, 0.1) is 17.6 Å². The molecule has 0 spiro atoms. The van der Waals surface area contributed by atoms with Gasteiger partial charge in [0.15, 0.2) is 0 Å². The first kappa shape index (κ1) is 12.2. The predicted octanol–water partition coefficient (Wildman–Crippen LogP) is 3.07. The smallest absolute Gasteiger partial charge is 0.0738 e. The summed E-state index contributed by atoms with van der Waals surface area (Å²) in [5.41, 5.74) is 7.96. The Bertz CT molecular complexity index is 351. The number of aromatic nitrogens is 1. The molecule has 0 radical (unpaired) electrons. The van der Waals surface area contributed by atoms with E-state index in [1.54, 1.807) is 6.20 Å². The Morgan fingerprint density at radius 3 is 3.06 bits per heavy atom. The fourth-order valence-electron chi connectivity index (χ4n) is 2.79. The molecule has 1 fully saturated rings. The van der Waals surface area contributed by atoms with E-state index in [0.717, 1.165) is 30.4 Å². The number of rotatable bonds is 3. The summed E-state index contributed by atoms with van der Waals surface area (Å²) >= 11 is 0. The van der Waals surface area contributed by atoms with Crippen LogP contribution in [-0.2, 0) is 0 Å². The van der Waals surface area contributed by atoms with E-state index in [-0.39, 0.29) is 0 Å². The van der Waals surface area contributed by atoms with Gasteiger partial charge in [0.1, 0.15) is 0 Å². The fourth-order valence-corrected chi connectivity index (χ4v) is 2.79. The molecule has 0 bridgehead atoms. The zero-order chi connectivity index (χ0) is 12.1. The first-order valence-electron chi connectivity index (χ1n) is 6.75. The number of anilines is 2. The molecule has 1 aromatic rings. The maximum absolute atomic E-state index is 5.99. The Morgan fingerprint density at radius 2 is 2.29 bits per heavy atom. The Morgan fingerprint density at radius 1 is 1.41 bits per heavy atom. The molecule has 0 aromatic carbocycles. The van der Waals surface area contributed by atoms with E-state index in [9.17, 15) is 0 Å². The van der Waals surface area contributed by atoms with E-state index in [1.165, 1.54) is 32.1 Å². The van der Waals surface area contributed by atoms with Crippen LogP contribution >= 0.6 is 0 Å². The van der Waals surface area contributed by atoms with Crippen LogP contribution in [0.1, 0.15) is 39.0 Å². The van der Waals surface area contributed by atoms with Gasteiger partial charge in [-0.25, -0.2) is 0 Å². The Hall–Kier alpha value is -1.25. The Kier molecular flexibility index (Phi) is 4.24. The molecule has 2 heterocycles. The number of hydrogen-bond acceptors (Lipinski definition) is 3. The highest BCUT2D eigenvalue weighted by Gasteiger charge is 2.17. The van der Waals surface area contributed by atoms with Crippen molar-refractivity contribution in [3.63, 3.8) is 0 Å². The second-order valence-corrected chi connectivity index (χ2v) is 5.01. The van der Waals surface area contributed by atoms with Crippen LogP contribution in [0.5, 0.6) is 0 Å². The second-order valence-electron chi connectivity index (χ2n) is 5.01. The van der Waals surface area contributed by atoms with Gasteiger partial charge in [-0.05, 0) is 31.2 Å².